The summed E-state index contributed by atoms with van der Waals surface area (Å²) in [7, 11) is 0. The molecule has 0 saturated carbocycles. The average Bonchev–Trinajstić information content (AvgIpc) is 3.30. The van der Waals surface area contributed by atoms with Crippen LogP contribution in [0.4, 0.5) is 5.69 Å². The van der Waals surface area contributed by atoms with Gasteiger partial charge in [-0.25, -0.2) is 0 Å². The largest absolute Gasteiger partial charge is 0.326 e. The van der Waals surface area contributed by atoms with Gasteiger partial charge in [0.1, 0.15) is 0 Å². The lowest BCUT2D eigenvalue weighted by molar-refractivity contribution is -0.116. The zero-order valence-corrected chi connectivity index (χ0v) is 16.0. The van der Waals surface area contributed by atoms with E-state index >= 15 is 0 Å². The fourth-order valence-corrected chi connectivity index (χ4v) is 4.39. The molecule has 3 aromatic rings. The molecule has 0 spiro atoms. The molecule has 4 rings (SSSR count). The topological polar surface area (TPSA) is 62.7 Å². The number of fused-ring (bicyclic) bond motifs is 1. The number of carbonyl (C=O) groups excluding carboxylic acids is 1. The maximum absolute atomic E-state index is 12.5. The van der Waals surface area contributed by atoms with Gasteiger partial charge in [-0.05, 0) is 66.5 Å². The zero-order valence-electron chi connectivity index (χ0n) is 14.3. The monoisotopic (exact) mass is 384 g/mol. The van der Waals surface area contributed by atoms with Crippen molar-refractivity contribution in [1.82, 2.24) is 14.8 Å². The Morgan fingerprint density at radius 1 is 1.27 bits per heavy atom. The molecule has 7 heteroatoms. The number of aromatic nitrogens is 3. The zero-order chi connectivity index (χ0) is 17.9. The van der Waals surface area contributed by atoms with Crippen molar-refractivity contribution in [3.05, 3.63) is 51.6 Å². The van der Waals surface area contributed by atoms with Gasteiger partial charge in [0.15, 0.2) is 10.6 Å². The van der Waals surface area contributed by atoms with Crippen LogP contribution in [0.1, 0.15) is 30.4 Å². The lowest BCUT2D eigenvalue weighted by Crippen LogP contribution is -2.17. The Balaban J connectivity index is 1.46. The maximum atomic E-state index is 12.5. The van der Waals surface area contributed by atoms with Gasteiger partial charge in [0, 0.05) is 18.7 Å². The minimum Gasteiger partial charge on any atom is -0.326 e. The Morgan fingerprint density at radius 2 is 2.15 bits per heavy atom. The van der Waals surface area contributed by atoms with Crippen molar-refractivity contribution >= 4 is 35.1 Å². The van der Waals surface area contributed by atoms with E-state index < -0.39 is 0 Å². The van der Waals surface area contributed by atoms with Gasteiger partial charge in [-0.2, -0.15) is 5.10 Å². The highest BCUT2D eigenvalue weighted by Gasteiger charge is 2.15. The first kappa shape index (κ1) is 17.2. The fourth-order valence-electron chi connectivity index (χ4n) is 3.44. The van der Waals surface area contributed by atoms with E-state index in [2.05, 4.69) is 21.6 Å². The van der Waals surface area contributed by atoms with E-state index in [-0.39, 0.29) is 5.91 Å². The number of amides is 1. The molecular formula is C19H20N4OS2. The molecule has 2 aromatic heterocycles. The predicted octanol–water partition coefficient (Wildman–Crippen LogP) is 4.58. The summed E-state index contributed by atoms with van der Waals surface area (Å²) in [6.07, 6.45) is 4.92. The number of anilines is 1. The number of nitrogens with zero attached hydrogens (tertiary/aromatic N) is 2. The molecule has 0 fully saturated rings. The molecule has 5 nitrogen and oxygen atoms in total. The van der Waals surface area contributed by atoms with Gasteiger partial charge in [0.05, 0.1) is 4.88 Å². The molecule has 26 heavy (non-hydrogen) atoms. The second kappa shape index (κ2) is 7.55. The van der Waals surface area contributed by atoms with Gasteiger partial charge in [-0.1, -0.05) is 18.2 Å². The number of carbonyl (C=O) groups is 1. The Bertz CT molecular complexity index is 972. The SMILES string of the molecule is O=C(CCn1c(-c2cccs2)n[nH]c1=S)Nc1cccc2c1CCCC2. The molecule has 0 bridgehead atoms. The van der Waals surface area contributed by atoms with E-state index in [1.54, 1.807) is 11.3 Å². The number of H-pyrrole nitrogens is 1. The summed E-state index contributed by atoms with van der Waals surface area (Å²) < 4.78 is 2.43. The first-order chi connectivity index (χ1) is 12.7. The van der Waals surface area contributed by atoms with E-state index in [0.29, 0.717) is 17.7 Å². The fraction of sp³-hybridized carbons (Fsp3) is 0.316. The molecule has 0 saturated heterocycles. The van der Waals surface area contributed by atoms with Gasteiger partial charge < -0.3 is 5.32 Å². The van der Waals surface area contributed by atoms with Crippen LogP contribution in [0.5, 0.6) is 0 Å². The van der Waals surface area contributed by atoms with E-state index in [9.17, 15) is 4.79 Å². The van der Waals surface area contributed by atoms with Gasteiger partial charge >= 0.3 is 0 Å². The third-order valence-corrected chi connectivity index (χ3v) is 5.91. The summed E-state index contributed by atoms with van der Waals surface area (Å²) in [6, 6.07) is 10.2. The number of aromatic amines is 1. The summed E-state index contributed by atoms with van der Waals surface area (Å²) in [5.41, 5.74) is 3.62. The number of hydrogen-bond acceptors (Lipinski definition) is 4. The molecule has 0 aliphatic heterocycles. The Labute approximate surface area is 161 Å². The summed E-state index contributed by atoms with van der Waals surface area (Å²) >= 11 is 6.93. The van der Waals surface area contributed by atoms with Crippen molar-refractivity contribution < 1.29 is 4.79 Å². The third kappa shape index (κ3) is 3.50. The maximum Gasteiger partial charge on any atom is 0.226 e. The molecule has 0 radical (unpaired) electrons. The summed E-state index contributed by atoms with van der Waals surface area (Å²) in [5, 5.41) is 12.2. The van der Waals surface area contributed by atoms with Crippen molar-refractivity contribution in [2.24, 2.45) is 0 Å². The van der Waals surface area contributed by atoms with Crippen molar-refractivity contribution in [2.75, 3.05) is 5.32 Å². The summed E-state index contributed by atoms with van der Waals surface area (Å²) in [5.74, 6) is 0.791. The van der Waals surface area contributed by atoms with Crippen LogP contribution in [0.25, 0.3) is 10.7 Å². The highest BCUT2D eigenvalue weighted by Crippen LogP contribution is 2.28. The molecule has 1 aliphatic rings. The predicted molar refractivity (Wildman–Crippen MR) is 107 cm³/mol. The van der Waals surface area contributed by atoms with Crippen molar-refractivity contribution in [2.45, 2.75) is 38.6 Å². The number of nitrogens with one attached hydrogen (secondary N) is 2. The smallest absolute Gasteiger partial charge is 0.226 e. The van der Waals surface area contributed by atoms with Gasteiger partial charge in [0.25, 0.3) is 0 Å². The number of rotatable bonds is 5. The lowest BCUT2D eigenvalue weighted by atomic mass is 9.90. The molecule has 2 N–H and O–H groups in total. The minimum atomic E-state index is 0.00389. The van der Waals surface area contributed by atoms with Crippen molar-refractivity contribution in [3.63, 3.8) is 0 Å². The van der Waals surface area contributed by atoms with Gasteiger partial charge in [-0.3, -0.25) is 14.5 Å². The second-order valence-corrected chi connectivity index (χ2v) is 7.76. The quantitative estimate of drug-likeness (QED) is 0.633. The van der Waals surface area contributed by atoms with E-state index in [4.69, 9.17) is 12.2 Å². The molecule has 1 aliphatic carbocycles. The first-order valence-corrected chi connectivity index (χ1v) is 10.1. The number of benzene rings is 1. The van der Waals surface area contributed by atoms with Crippen LogP contribution in [0.3, 0.4) is 0 Å². The third-order valence-electron chi connectivity index (χ3n) is 4.73. The normalized spacial score (nSPS) is 13.4. The van der Waals surface area contributed by atoms with Crippen molar-refractivity contribution in [1.29, 1.82) is 0 Å². The van der Waals surface area contributed by atoms with E-state index in [1.165, 1.54) is 24.0 Å². The van der Waals surface area contributed by atoms with Gasteiger partial charge in [0.2, 0.25) is 5.91 Å². The van der Waals surface area contributed by atoms with Crippen LogP contribution in [0.15, 0.2) is 35.7 Å². The number of thiophene rings is 1. The molecular weight excluding hydrogens is 364 g/mol. The van der Waals surface area contributed by atoms with Crippen LogP contribution < -0.4 is 5.32 Å². The van der Waals surface area contributed by atoms with E-state index in [0.717, 1.165) is 29.2 Å². The number of aryl methyl sites for hydroxylation is 1. The molecule has 1 amide bonds. The highest BCUT2D eigenvalue weighted by atomic mass is 32.1. The van der Waals surface area contributed by atoms with Gasteiger partial charge in [-0.15, -0.1) is 11.3 Å². The standard InChI is InChI=1S/C19H20N4OS2/c24-17(20-15-8-3-6-13-5-1-2-7-14(13)15)10-11-23-18(21-22-19(23)25)16-9-4-12-26-16/h3-4,6,8-9,12H,1-2,5,7,10-11H2,(H,20,24)(H,22,25). The molecule has 0 unspecified atom stereocenters. The second-order valence-electron chi connectivity index (χ2n) is 6.43. The van der Waals surface area contributed by atoms with Crippen LogP contribution in [0, 0.1) is 4.77 Å². The number of hydrogen-bond donors (Lipinski definition) is 2. The molecule has 0 atom stereocenters. The Morgan fingerprint density at radius 3 is 3.00 bits per heavy atom. The summed E-state index contributed by atoms with van der Waals surface area (Å²) in [6.45, 7) is 0.503. The van der Waals surface area contributed by atoms with Crippen molar-refractivity contribution in [3.8, 4) is 10.7 Å². The first-order valence-electron chi connectivity index (χ1n) is 8.82. The van der Waals surface area contributed by atoms with Crippen LogP contribution in [-0.2, 0) is 24.2 Å². The average molecular weight is 385 g/mol. The lowest BCUT2D eigenvalue weighted by Gasteiger charge is -2.19. The minimum absolute atomic E-state index is 0.00389. The molecule has 134 valence electrons. The molecule has 1 aromatic carbocycles. The highest BCUT2D eigenvalue weighted by molar-refractivity contribution is 7.71. The van der Waals surface area contributed by atoms with Crippen LogP contribution in [0.2, 0.25) is 0 Å². The molecule has 2 heterocycles. The summed E-state index contributed by atoms with van der Waals surface area (Å²) in [4.78, 5) is 13.6. The van der Waals surface area contributed by atoms with E-state index in [1.807, 2.05) is 34.2 Å². The Hall–Kier alpha value is -2.25. The Kier molecular flexibility index (Phi) is 4.99. The van der Waals surface area contributed by atoms with Crippen LogP contribution in [-0.4, -0.2) is 20.7 Å². The van der Waals surface area contributed by atoms with Crippen LogP contribution >= 0.6 is 23.6 Å².